The lowest BCUT2D eigenvalue weighted by atomic mass is 9.75. The Labute approximate surface area is 192 Å². The third kappa shape index (κ3) is 3.72. The van der Waals surface area contributed by atoms with Gasteiger partial charge in [-0.1, -0.05) is 51.5 Å². The normalized spacial score (nSPS) is 18.8. The van der Waals surface area contributed by atoms with Gasteiger partial charge < -0.3 is 5.32 Å². The molecule has 0 radical (unpaired) electrons. The van der Waals surface area contributed by atoms with Crippen molar-refractivity contribution in [3.63, 3.8) is 0 Å². The topological polar surface area (TPSA) is 71.1 Å². The first-order valence-electron chi connectivity index (χ1n) is 10.2. The number of amides is 1. The van der Waals surface area contributed by atoms with Gasteiger partial charge in [0.1, 0.15) is 0 Å². The van der Waals surface area contributed by atoms with Gasteiger partial charge in [-0.05, 0) is 49.6 Å². The molecular formula is C24H20BrN3O2S. The number of fused-ring (bicyclic) bond motifs is 1. The summed E-state index contributed by atoms with van der Waals surface area (Å²) in [7, 11) is 0. The molecule has 0 bridgehead atoms. The van der Waals surface area contributed by atoms with Crippen LogP contribution in [0.1, 0.15) is 37.7 Å². The number of dihydropyridines is 1. The average molecular weight is 494 g/mol. The number of halogens is 1. The van der Waals surface area contributed by atoms with Crippen molar-refractivity contribution in [3.8, 4) is 0 Å². The molecule has 5 nitrogen and oxygen atoms in total. The highest BCUT2D eigenvalue weighted by Gasteiger charge is 2.38. The number of rotatable bonds is 3. The SMILES string of the molecule is CC1=C(C(=O)Nc2nc3ccccc3s2)C(c2cccc(Br)c2)C2=C(CCCC2=O)N1. The van der Waals surface area contributed by atoms with E-state index in [0.29, 0.717) is 22.7 Å². The molecule has 0 fully saturated rings. The molecule has 5 rings (SSSR count). The second-order valence-corrected chi connectivity index (χ2v) is 9.71. The minimum atomic E-state index is -0.407. The van der Waals surface area contributed by atoms with Crippen molar-refractivity contribution >= 4 is 54.3 Å². The number of carbonyl (C=O) groups excluding carboxylic acids is 2. The summed E-state index contributed by atoms with van der Waals surface area (Å²) >= 11 is 4.98. The number of para-hydroxylation sites is 1. The number of nitrogens with zero attached hydrogens (tertiary/aromatic N) is 1. The van der Waals surface area contributed by atoms with E-state index in [0.717, 1.165) is 44.5 Å². The third-order valence-corrected chi connectivity index (χ3v) is 7.16. The number of carbonyl (C=O) groups is 2. The Balaban J connectivity index is 1.57. The van der Waals surface area contributed by atoms with Gasteiger partial charge in [0.2, 0.25) is 0 Å². The second-order valence-electron chi connectivity index (χ2n) is 7.76. The molecule has 1 aliphatic heterocycles. The highest BCUT2D eigenvalue weighted by Crippen LogP contribution is 2.43. The van der Waals surface area contributed by atoms with Gasteiger partial charge in [-0.25, -0.2) is 4.98 Å². The van der Waals surface area contributed by atoms with E-state index in [1.54, 1.807) is 0 Å². The monoisotopic (exact) mass is 493 g/mol. The van der Waals surface area contributed by atoms with Crippen LogP contribution in [0.25, 0.3) is 10.2 Å². The smallest absolute Gasteiger partial charge is 0.256 e. The van der Waals surface area contributed by atoms with Crippen LogP contribution in [-0.2, 0) is 9.59 Å². The summed E-state index contributed by atoms with van der Waals surface area (Å²) in [5.41, 5.74) is 4.77. The lowest BCUT2D eigenvalue weighted by Gasteiger charge is -2.34. The highest BCUT2D eigenvalue weighted by atomic mass is 79.9. The van der Waals surface area contributed by atoms with Crippen molar-refractivity contribution in [2.75, 3.05) is 5.32 Å². The first-order valence-corrected chi connectivity index (χ1v) is 11.8. The molecule has 1 amide bonds. The van der Waals surface area contributed by atoms with Gasteiger partial charge in [-0.15, -0.1) is 0 Å². The van der Waals surface area contributed by atoms with Gasteiger partial charge in [0.05, 0.1) is 10.2 Å². The van der Waals surface area contributed by atoms with Crippen molar-refractivity contribution in [1.82, 2.24) is 10.3 Å². The molecule has 0 spiro atoms. The maximum absolute atomic E-state index is 13.5. The maximum atomic E-state index is 13.5. The van der Waals surface area contributed by atoms with Crippen LogP contribution in [0.4, 0.5) is 5.13 Å². The molecule has 2 N–H and O–H groups in total. The van der Waals surface area contributed by atoms with Gasteiger partial charge >= 0.3 is 0 Å². The van der Waals surface area contributed by atoms with Crippen LogP contribution in [0.5, 0.6) is 0 Å². The molecule has 3 aromatic rings. The van der Waals surface area contributed by atoms with E-state index in [4.69, 9.17) is 0 Å². The van der Waals surface area contributed by atoms with Gasteiger partial charge in [0.25, 0.3) is 5.91 Å². The number of allylic oxidation sites excluding steroid dienone is 3. The molecule has 2 heterocycles. The summed E-state index contributed by atoms with van der Waals surface area (Å²) < 4.78 is 1.93. The van der Waals surface area contributed by atoms with Crippen molar-refractivity contribution in [2.45, 2.75) is 32.1 Å². The van der Waals surface area contributed by atoms with Crippen LogP contribution in [0.15, 0.2) is 75.5 Å². The number of hydrogen-bond donors (Lipinski definition) is 2. The van der Waals surface area contributed by atoms with Crippen LogP contribution in [0.2, 0.25) is 0 Å². The number of benzene rings is 2. The predicted molar refractivity (Wildman–Crippen MR) is 127 cm³/mol. The third-order valence-electron chi connectivity index (χ3n) is 5.72. The molecule has 7 heteroatoms. The first-order chi connectivity index (χ1) is 15.0. The van der Waals surface area contributed by atoms with Crippen molar-refractivity contribution in [1.29, 1.82) is 0 Å². The number of hydrogen-bond acceptors (Lipinski definition) is 5. The Morgan fingerprint density at radius 2 is 2.03 bits per heavy atom. The van der Waals surface area contributed by atoms with E-state index in [1.807, 2.05) is 55.5 Å². The van der Waals surface area contributed by atoms with Crippen molar-refractivity contribution in [3.05, 3.63) is 81.1 Å². The van der Waals surface area contributed by atoms with E-state index in [2.05, 4.69) is 31.5 Å². The number of Topliss-reactive ketones (excluding diaryl/α,β-unsaturated/α-hetero) is 1. The average Bonchev–Trinajstić information content (AvgIpc) is 3.15. The van der Waals surface area contributed by atoms with E-state index in [1.165, 1.54) is 11.3 Å². The summed E-state index contributed by atoms with van der Waals surface area (Å²) in [4.78, 5) is 31.0. The zero-order valence-electron chi connectivity index (χ0n) is 16.9. The molecule has 31 heavy (non-hydrogen) atoms. The molecule has 0 saturated carbocycles. The fourth-order valence-corrected chi connectivity index (χ4v) is 5.67. The fraction of sp³-hybridized carbons (Fsp3) is 0.208. The standard InChI is InChI=1S/C24H20BrN3O2S/c1-13-20(23(30)28-24-27-16-8-2-3-11-19(16)31-24)21(14-6-4-7-15(25)12-14)22-17(26-13)9-5-10-18(22)29/h2-4,6-8,11-12,21,26H,5,9-10H2,1H3,(H,27,28,30). The molecule has 2 aliphatic rings. The molecule has 156 valence electrons. The molecule has 2 aromatic carbocycles. The van der Waals surface area contributed by atoms with Crippen LogP contribution < -0.4 is 10.6 Å². The number of ketones is 1. The summed E-state index contributed by atoms with van der Waals surface area (Å²) in [5.74, 6) is -0.536. The Hall–Kier alpha value is -2.77. The van der Waals surface area contributed by atoms with Crippen LogP contribution in [0.3, 0.4) is 0 Å². The second kappa shape index (κ2) is 8.05. The zero-order chi connectivity index (χ0) is 21.5. The van der Waals surface area contributed by atoms with E-state index in [-0.39, 0.29) is 11.7 Å². The molecule has 1 atom stereocenters. The first kappa shape index (κ1) is 20.2. The minimum absolute atomic E-state index is 0.108. The van der Waals surface area contributed by atoms with Gasteiger partial charge in [0.15, 0.2) is 10.9 Å². The molecular weight excluding hydrogens is 474 g/mol. The van der Waals surface area contributed by atoms with Gasteiger partial charge in [-0.3, -0.25) is 14.9 Å². The van der Waals surface area contributed by atoms with Gasteiger partial charge in [-0.2, -0.15) is 0 Å². The highest BCUT2D eigenvalue weighted by molar-refractivity contribution is 9.10. The van der Waals surface area contributed by atoms with Crippen molar-refractivity contribution in [2.24, 2.45) is 0 Å². The zero-order valence-corrected chi connectivity index (χ0v) is 19.3. The molecule has 1 unspecified atom stereocenters. The number of nitrogens with one attached hydrogen (secondary N) is 2. The summed E-state index contributed by atoms with van der Waals surface area (Å²) in [5, 5.41) is 6.89. The summed E-state index contributed by atoms with van der Waals surface area (Å²) in [6.07, 6.45) is 2.16. The number of anilines is 1. The van der Waals surface area contributed by atoms with Crippen molar-refractivity contribution < 1.29 is 9.59 Å². The summed E-state index contributed by atoms with van der Waals surface area (Å²) in [6, 6.07) is 15.6. The van der Waals surface area contributed by atoms with E-state index < -0.39 is 5.92 Å². The fourth-order valence-electron chi connectivity index (χ4n) is 4.39. The largest absolute Gasteiger partial charge is 0.362 e. The predicted octanol–water partition coefficient (Wildman–Crippen LogP) is 5.67. The maximum Gasteiger partial charge on any atom is 0.256 e. The number of thiazole rings is 1. The Morgan fingerprint density at radius 3 is 2.84 bits per heavy atom. The van der Waals surface area contributed by atoms with E-state index in [9.17, 15) is 9.59 Å². The van der Waals surface area contributed by atoms with Gasteiger partial charge in [0, 0.05) is 39.4 Å². The summed E-state index contributed by atoms with van der Waals surface area (Å²) in [6.45, 7) is 1.90. The molecule has 1 aliphatic carbocycles. The number of aromatic nitrogens is 1. The van der Waals surface area contributed by atoms with Crippen LogP contribution in [0, 0.1) is 0 Å². The molecule has 1 aromatic heterocycles. The Kier molecular flexibility index (Phi) is 5.24. The Morgan fingerprint density at radius 1 is 1.19 bits per heavy atom. The lowest BCUT2D eigenvalue weighted by Crippen LogP contribution is -2.35. The van der Waals surface area contributed by atoms with Crippen LogP contribution >= 0.6 is 27.3 Å². The molecule has 0 saturated heterocycles. The van der Waals surface area contributed by atoms with Crippen LogP contribution in [-0.4, -0.2) is 16.7 Å². The minimum Gasteiger partial charge on any atom is -0.362 e. The van der Waals surface area contributed by atoms with E-state index >= 15 is 0 Å². The lowest BCUT2D eigenvalue weighted by molar-refractivity contribution is -0.116. The quantitative estimate of drug-likeness (QED) is 0.493. The Bertz CT molecular complexity index is 1260.